The van der Waals surface area contributed by atoms with Gasteiger partial charge in [-0.1, -0.05) is 0 Å². The first kappa shape index (κ1) is 21.2. The van der Waals surface area contributed by atoms with E-state index >= 15 is 0 Å². The average molecular weight is 447 g/mol. The van der Waals surface area contributed by atoms with E-state index in [1.807, 2.05) is 49.6 Å². The molecule has 2 aromatic heterocycles. The van der Waals surface area contributed by atoms with Crippen molar-refractivity contribution >= 4 is 22.4 Å². The van der Waals surface area contributed by atoms with Crippen LogP contribution in [-0.2, 0) is 16.5 Å². The second-order valence-corrected chi connectivity index (χ2v) is 7.68. The molecule has 0 spiro atoms. The zero-order valence-electron chi connectivity index (χ0n) is 18.8. The summed E-state index contributed by atoms with van der Waals surface area (Å²) in [5.74, 6) is 1.39. The second kappa shape index (κ2) is 9.05. The number of nitrogens with zero attached hydrogens (tertiary/aromatic N) is 5. The minimum atomic E-state index is -0.342. The third-order valence-electron chi connectivity index (χ3n) is 5.51. The standard InChI is InChI=1S/C24H25N5O4/c1-28-14-16(12-26-28)23-13-25-21-5-4-17(10-22(21)27-23)29(15-24-32-6-7-33-24)18-8-19(30-2)11-20(9-18)31-3/h4-5,8-14,24H,6-7,15H2,1-3H3. The van der Waals surface area contributed by atoms with Crippen LogP contribution in [0, 0.1) is 0 Å². The maximum absolute atomic E-state index is 5.74. The second-order valence-electron chi connectivity index (χ2n) is 7.68. The Morgan fingerprint density at radius 3 is 2.39 bits per heavy atom. The first-order valence-electron chi connectivity index (χ1n) is 10.6. The minimum absolute atomic E-state index is 0.342. The monoisotopic (exact) mass is 447 g/mol. The molecule has 33 heavy (non-hydrogen) atoms. The summed E-state index contributed by atoms with van der Waals surface area (Å²) in [4.78, 5) is 11.5. The largest absolute Gasteiger partial charge is 0.497 e. The molecule has 0 N–H and O–H groups in total. The van der Waals surface area contributed by atoms with Crippen molar-refractivity contribution in [3.8, 4) is 22.8 Å². The number of aryl methyl sites for hydroxylation is 1. The Balaban J connectivity index is 1.58. The van der Waals surface area contributed by atoms with Crippen LogP contribution in [0.2, 0.25) is 0 Å². The predicted octanol–water partition coefficient (Wildman–Crippen LogP) is 3.56. The highest BCUT2D eigenvalue weighted by Gasteiger charge is 2.23. The Bertz CT molecular complexity index is 1250. The van der Waals surface area contributed by atoms with E-state index in [-0.39, 0.29) is 6.29 Å². The summed E-state index contributed by atoms with van der Waals surface area (Å²) in [6, 6.07) is 11.8. The van der Waals surface area contributed by atoms with Crippen LogP contribution in [0.1, 0.15) is 0 Å². The number of fused-ring (bicyclic) bond motifs is 1. The zero-order valence-corrected chi connectivity index (χ0v) is 18.8. The number of methoxy groups -OCH3 is 2. The van der Waals surface area contributed by atoms with Gasteiger partial charge in [-0.2, -0.15) is 5.10 Å². The maximum Gasteiger partial charge on any atom is 0.175 e. The Morgan fingerprint density at radius 1 is 0.970 bits per heavy atom. The van der Waals surface area contributed by atoms with Crippen molar-refractivity contribution in [2.24, 2.45) is 7.05 Å². The number of ether oxygens (including phenoxy) is 4. The van der Waals surface area contributed by atoms with Crippen molar-refractivity contribution in [2.75, 3.05) is 38.9 Å². The molecule has 1 aliphatic rings. The van der Waals surface area contributed by atoms with Crippen LogP contribution in [0.3, 0.4) is 0 Å². The number of rotatable bonds is 7. The molecule has 0 bridgehead atoms. The van der Waals surface area contributed by atoms with E-state index in [0.29, 0.717) is 31.3 Å². The van der Waals surface area contributed by atoms with Gasteiger partial charge in [0.25, 0.3) is 0 Å². The van der Waals surface area contributed by atoms with Crippen molar-refractivity contribution in [3.63, 3.8) is 0 Å². The van der Waals surface area contributed by atoms with Gasteiger partial charge in [-0.05, 0) is 18.2 Å². The molecular weight excluding hydrogens is 422 g/mol. The van der Waals surface area contributed by atoms with Crippen molar-refractivity contribution in [1.82, 2.24) is 19.7 Å². The smallest absolute Gasteiger partial charge is 0.175 e. The SMILES string of the molecule is COc1cc(OC)cc(N(CC2OCCO2)c2ccc3ncc(-c4cnn(C)c4)nc3c2)c1. The molecule has 0 amide bonds. The third kappa shape index (κ3) is 4.46. The molecule has 0 aliphatic carbocycles. The maximum atomic E-state index is 5.74. The van der Waals surface area contributed by atoms with Gasteiger partial charge in [-0.3, -0.25) is 9.67 Å². The topological polar surface area (TPSA) is 83.8 Å². The lowest BCUT2D eigenvalue weighted by Crippen LogP contribution is -2.29. The first-order valence-corrected chi connectivity index (χ1v) is 10.6. The number of aromatic nitrogens is 4. The Hall–Kier alpha value is -3.69. The van der Waals surface area contributed by atoms with E-state index < -0.39 is 0 Å². The van der Waals surface area contributed by atoms with Crippen molar-refractivity contribution in [3.05, 3.63) is 55.0 Å². The Morgan fingerprint density at radius 2 is 1.73 bits per heavy atom. The summed E-state index contributed by atoms with van der Waals surface area (Å²) in [5, 5.41) is 4.24. The quantitative estimate of drug-likeness (QED) is 0.425. The van der Waals surface area contributed by atoms with Gasteiger partial charge < -0.3 is 23.8 Å². The summed E-state index contributed by atoms with van der Waals surface area (Å²) in [6.07, 6.45) is 5.13. The molecule has 170 valence electrons. The fourth-order valence-electron chi connectivity index (χ4n) is 3.83. The van der Waals surface area contributed by atoms with Crippen LogP contribution in [0.15, 0.2) is 55.0 Å². The fraction of sp³-hybridized carbons (Fsp3) is 0.292. The molecule has 9 heteroatoms. The van der Waals surface area contributed by atoms with Gasteiger partial charge in [0.15, 0.2) is 6.29 Å². The molecule has 0 unspecified atom stereocenters. The molecule has 2 aromatic carbocycles. The van der Waals surface area contributed by atoms with Crippen LogP contribution in [0.4, 0.5) is 11.4 Å². The van der Waals surface area contributed by atoms with Crippen molar-refractivity contribution < 1.29 is 18.9 Å². The van der Waals surface area contributed by atoms with Crippen LogP contribution in [0.25, 0.3) is 22.3 Å². The van der Waals surface area contributed by atoms with Gasteiger partial charge in [0.1, 0.15) is 11.5 Å². The molecule has 0 radical (unpaired) electrons. The third-order valence-corrected chi connectivity index (χ3v) is 5.51. The van der Waals surface area contributed by atoms with Gasteiger partial charge >= 0.3 is 0 Å². The number of hydrogen-bond donors (Lipinski definition) is 0. The van der Waals surface area contributed by atoms with Crippen molar-refractivity contribution in [1.29, 1.82) is 0 Å². The molecule has 3 heterocycles. The molecule has 9 nitrogen and oxygen atoms in total. The van der Waals surface area contributed by atoms with E-state index in [9.17, 15) is 0 Å². The minimum Gasteiger partial charge on any atom is -0.497 e. The van der Waals surface area contributed by atoms with E-state index in [1.165, 1.54) is 0 Å². The van der Waals surface area contributed by atoms with Crippen LogP contribution in [0.5, 0.6) is 11.5 Å². The lowest BCUT2D eigenvalue weighted by atomic mass is 10.2. The molecular formula is C24H25N5O4. The normalized spacial score (nSPS) is 14.0. The average Bonchev–Trinajstić information content (AvgIpc) is 3.53. The van der Waals surface area contributed by atoms with E-state index in [4.69, 9.17) is 23.9 Å². The van der Waals surface area contributed by atoms with Gasteiger partial charge in [0.05, 0.1) is 63.1 Å². The predicted molar refractivity (Wildman–Crippen MR) is 124 cm³/mol. The fourth-order valence-corrected chi connectivity index (χ4v) is 3.83. The molecule has 4 aromatic rings. The van der Waals surface area contributed by atoms with Crippen LogP contribution >= 0.6 is 0 Å². The number of benzene rings is 2. The summed E-state index contributed by atoms with van der Waals surface area (Å²) in [7, 11) is 5.15. The highest BCUT2D eigenvalue weighted by Crippen LogP contribution is 2.34. The molecule has 0 atom stereocenters. The van der Waals surface area contributed by atoms with Crippen LogP contribution < -0.4 is 14.4 Å². The molecule has 5 rings (SSSR count). The van der Waals surface area contributed by atoms with Gasteiger partial charge in [-0.15, -0.1) is 0 Å². The van der Waals surface area contributed by atoms with Crippen LogP contribution in [-0.4, -0.2) is 60.0 Å². The molecule has 1 fully saturated rings. The highest BCUT2D eigenvalue weighted by atomic mass is 16.7. The summed E-state index contributed by atoms with van der Waals surface area (Å²) in [6.45, 7) is 1.66. The Labute approximate surface area is 191 Å². The van der Waals surface area contributed by atoms with Gasteiger partial charge in [0.2, 0.25) is 0 Å². The molecule has 1 saturated heterocycles. The van der Waals surface area contributed by atoms with Gasteiger partial charge in [-0.25, -0.2) is 4.98 Å². The Kier molecular flexibility index (Phi) is 5.80. The van der Waals surface area contributed by atoms with E-state index in [2.05, 4.69) is 15.0 Å². The highest BCUT2D eigenvalue weighted by molar-refractivity contribution is 5.82. The van der Waals surface area contributed by atoms with E-state index in [1.54, 1.807) is 31.3 Å². The summed E-state index contributed by atoms with van der Waals surface area (Å²) >= 11 is 0. The lowest BCUT2D eigenvalue weighted by Gasteiger charge is -2.28. The van der Waals surface area contributed by atoms with E-state index in [0.717, 1.165) is 33.7 Å². The first-order chi connectivity index (χ1) is 16.1. The summed E-state index contributed by atoms with van der Waals surface area (Å²) < 4.78 is 24.2. The van der Waals surface area contributed by atoms with Crippen molar-refractivity contribution in [2.45, 2.75) is 6.29 Å². The number of hydrogen-bond acceptors (Lipinski definition) is 8. The molecule has 1 aliphatic heterocycles. The molecule has 0 saturated carbocycles. The number of anilines is 2. The van der Waals surface area contributed by atoms with Gasteiger partial charge in [0, 0.05) is 48.4 Å². The lowest BCUT2D eigenvalue weighted by molar-refractivity contribution is -0.0329. The summed E-state index contributed by atoms with van der Waals surface area (Å²) in [5.41, 5.74) is 5.09. The zero-order chi connectivity index (χ0) is 22.8.